The molecule has 2 aromatic heterocycles. The lowest BCUT2D eigenvalue weighted by atomic mass is 9.92. The molecule has 278 valence electrons. The van der Waals surface area contributed by atoms with Gasteiger partial charge in [-0.2, -0.15) is 13.2 Å². The third-order valence-corrected chi connectivity index (χ3v) is 10.5. The molecule has 2 aliphatic rings. The minimum atomic E-state index is -4.37. The quantitative estimate of drug-likeness (QED) is 0.171. The predicted molar refractivity (Wildman–Crippen MR) is 219 cm³/mol. The van der Waals surface area contributed by atoms with Gasteiger partial charge >= 0.3 is 6.18 Å². The maximum atomic E-state index is 13.1. The Kier molecular flexibility index (Phi) is 8.66. The monoisotopic (exact) mass is 753 g/mol. The number of aromatic nitrogens is 4. The number of rotatable bonds is 5. The van der Waals surface area contributed by atoms with E-state index in [-0.39, 0.29) is 0 Å². The average Bonchev–Trinajstić information content (AvgIpc) is 4.04. The number of benzene rings is 6. The molecule has 57 heavy (non-hydrogen) atoms. The molecule has 0 aliphatic carbocycles. The van der Waals surface area contributed by atoms with Crippen molar-refractivity contribution in [2.24, 2.45) is 9.98 Å². The fourth-order valence-electron chi connectivity index (χ4n) is 7.27. The molecule has 8 aromatic rings. The fourth-order valence-corrected chi connectivity index (χ4v) is 7.27. The van der Waals surface area contributed by atoms with Crippen LogP contribution in [0.3, 0.4) is 0 Å². The van der Waals surface area contributed by atoms with Gasteiger partial charge in [0.1, 0.15) is 11.4 Å². The highest BCUT2D eigenvalue weighted by Crippen LogP contribution is 2.35. The van der Waals surface area contributed by atoms with E-state index < -0.39 is 17.3 Å². The summed E-state index contributed by atoms with van der Waals surface area (Å²) in [5.41, 5.74) is 13.1. The van der Waals surface area contributed by atoms with Crippen molar-refractivity contribution in [2.75, 3.05) is 0 Å². The van der Waals surface area contributed by atoms with E-state index in [1.165, 1.54) is 17.7 Å². The highest BCUT2D eigenvalue weighted by Gasteiger charge is 2.31. The van der Waals surface area contributed by atoms with E-state index in [1.54, 1.807) is 6.07 Å². The van der Waals surface area contributed by atoms with E-state index in [2.05, 4.69) is 67.3 Å². The van der Waals surface area contributed by atoms with Gasteiger partial charge in [0.05, 0.1) is 40.7 Å². The number of halogens is 3. The highest BCUT2D eigenvalue weighted by atomic mass is 19.4. The number of imidazole rings is 2. The first-order valence-electron chi connectivity index (χ1n) is 18.5. The van der Waals surface area contributed by atoms with Gasteiger partial charge in [0.15, 0.2) is 11.6 Å². The minimum Gasteiger partial charge on any atom is -0.337 e. The van der Waals surface area contributed by atoms with Gasteiger partial charge in [0, 0.05) is 30.5 Å². The molecule has 7 nitrogen and oxygen atoms in total. The van der Waals surface area contributed by atoms with Crippen molar-refractivity contribution in [3.05, 3.63) is 190 Å². The number of fused-ring (bicyclic) bond motifs is 4. The molecular formula is C47H34F3N7. The van der Waals surface area contributed by atoms with Gasteiger partial charge in [-0.25, -0.2) is 16.5 Å². The van der Waals surface area contributed by atoms with Crippen LogP contribution in [0.1, 0.15) is 58.9 Å². The van der Waals surface area contributed by atoms with E-state index in [0.29, 0.717) is 24.5 Å². The molecule has 4 heterocycles. The van der Waals surface area contributed by atoms with E-state index in [0.717, 1.165) is 84.3 Å². The molecule has 2 aliphatic heterocycles. The van der Waals surface area contributed by atoms with Crippen molar-refractivity contribution < 1.29 is 13.2 Å². The molecule has 0 saturated carbocycles. The van der Waals surface area contributed by atoms with E-state index in [4.69, 9.17) is 16.5 Å². The van der Waals surface area contributed by atoms with Crippen molar-refractivity contribution in [3.8, 4) is 22.3 Å². The second kappa shape index (κ2) is 13.9. The Bertz CT molecular complexity index is 2880. The Morgan fingerprint density at radius 3 is 1.54 bits per heavy atom. The summed E-state index contributed by atoms with van der Waals surface area (Å²) >= 11 is 0. The maximum Gasteiger partial charge on any atom is 0.416 e. The molecule has 10 rings (SSSR count). The Morgan fingerprint density at radius 2 is 1.04 bits per heavy atom. The van der Waals surface area contributed by atoms with Crippen LogP contribution in [0.25, 0.3) is 49.2 Å². The zero-order valence-electron chi connectivity index (χ0n) is 31.0. The van der Waals surface area contributed by atoms with Crippen molar-refractivity contribution in [1.82, 2.24) is 19.9 Å². The van der Waals surface area contributed by atoms with Crippen molar-refractivity contribution in [1.29, 1.82) is 0 Å². The Labute approximate surface area is 326 Å². The first-order valence-corrected chi connectivity index (χ1v) is 18.5. The summed E-state index contributed by atoms with van der Waals surface area (Å²) in [5, 5.41) is 0. The van der Waals surface area contributed by atoms with Gasteiger partial charge in [-0.15, -0.1) is 0 Å². The summed E-state index contributed by atoms with van der Waals surface area (Å²) in [6.45, 7) is 12.5. The van der Waals surface area contributed by atoms with Gasteiger partial charge in [-0.3, -0.25) is 9.98 Å². The first-order chi connectivity index (χ1) is 27.5. The molecule has 2 N–H and O–H groups in total. The normalized spacial score (nSPS) is 13.4. The van der Waals surface area contributed by atoms with Crippen LogP contribution in [-0.2, 0) is 24.8 Å². The number of aliphatic imine (C=N–C) groups is 2. The number of hydrogen-bond donors (Lipinski definition) is 2. The van der Waals surface area contributed by atoms with Crippen LogP contribution >= 0.6 is 0 Å². The molecule has 10 heteroatoms. The van der Waals surface area contributed by atoms with Gasteiger partial charge in [-0.1, -0.05) is 84.9 Å². The van der Waals surface area contributed by atoms with Gasteiger partial charge < -0.3 is 14.8 Å². The average molecular weight is 754 g/mol. The summed E-state index contributed by atoms with van der Waals surface area (Å²) in [5.74, 6) is 1.48. The third kappa shape index (κ3) is 6.78. The number of aromatic amines is 2. The van der Waals surface area contributed by atoms with Gasteiger partial charge in [0.2, 0.25) is 0 Å². The van der Waals surface area contributed by atoms with Crippen molar-refractivity contribution in [2.45, 2.75) is 38.7 Å². The molecule has 0 amide bonds. The van der Waals surface area contributed by atoms with E-state index >= 15 is 0 Å². The SMILES string of the molecule is FC(F)(F)c1cccc(-c2ccc3c(c2)C(c2nc4ccccc4[nH]2)=NC3)c1.[C-]#[N+]C(C)(C)c1ccc(-c2ccc3c(c2)C(c2nc4ccccc4[nH]2)=NC3)cc1. The number of nitrogens with zero attached hydrogens (tertiary/aromatic N) is 5. The van der Waals surface area contributed by atoms with Crippen LogP contribution in [0.4, 0.5) is 13.2 Å². The number of alkyl halides is 3. The zero-order chi connectivity index (χ0) is 39.3. The molecule has 0 unspecified atom stereocenters. The summed E-state index contributed by atoms with van der Waals surface area (Å²) in [4.78, 5) is 29.1. The third-order valence-electron chi connectivity index (χ3n) is 10.5. The van der Waals surface area contributed by atoms with Crippen LogP contribution in [0.5, 0.6) is 0 Å². The summed E-state index contributed by atoms with van der Waals surface area (Å²) in [6, 6.07) is 41.6. The lowest BCUT2D eigenvalue weighted by Crippen LogP contribution is -2.10. The maximum absolute atomic E-state index is 13.1. The highest BCUT2D eigenvalue weighted by molar-refractivity contribution is 6.15. The minimum absolute atomic E-state index is 0.502. The molecule has 0 radical (unpaired) electrons. The molecular weight excluding hydrogens is 720 g/mol. The van der Waals surface area contributed by atoms with E-state index in [1.807, 2.05) is 80.6 Å². The summed E-state index contributed by atoms with van der Waals surface area (Å²) in [7, 11) is 0. The number of nitrogens with one attached hydrogen (secondary N) is 2. The predicted octanol–water partition coefficient (Wildman–Crippen LogP) is 11.3. The smallest absolute Gasteiger partial charge is 0.337 e. The number of hydrogen-bond acceptors (Lipinski definition) is 4. The molecule has 0 spiro atoms. The van der Waals surface area contributed by atoms with Crippen LogP contribution in [0.2, 0.25) is 0 Å². The Hall–Kier alpha value is -7.12. The lowest BCUT2D eigenvalue weighted by Gasteiger charge is -2.12. The number of H-pyrrole nitrogens is 2. The topological polar surface area (TPSA) is 86.4 Å². The van der Waals surface area contributed by atoms with E-state index in [9.17, 15) is 13.2 Å². The molecule has 0 atom stereocenters. The standard InChI is InChI=1S/C25H20N4.C22H14F3N3/c1-25(2,26-3)19-12-10-16(11-13-19)17-8-9-18-15-27-23(20(18)14-17)24-28-21-6-4-5-7-22(21)29-24;23-22(24,25)16-5-3-4-13(10-16)14-8-9-15-12-26-20(17(15)11-14)21-27-18-6-1-2-7-19(18)28-21/h4-14H,15H2,1-2H3,(H,28,29);1-11H,12H2,(H,27,28). The van der Waals surface area contributed by atoms with Crippen molar-refractivity contribution in [3.63, 3.8) is 0 Å². The molecule has 0 bridgehead atoms. The molecule has 6 aromatic carbocycles. The van der Waals surface area contributed by atoms with Crippen LogP contribution < -0.4 is 0 Å². The molecule has 0 fully saturated rings. The van der Waals surface area contributed by atoms with Crippen LogP contribution in [0.15, 0.2) is 143 Å². The van der Waals surface area contributed by atoms with Crippen LogP contribution in [-0.4, -0.2) is 31.4 Å². The van der Waals surface area contributed by atoms with Crippen molar-refractivity contribution >= 4 is 33.5 Å². The number of para-hydroxylation sites is 4. The fraction of sp³-hybridized carbons (Fsp3) is 0.128. The molecule has 0 saturated heterocycles. The van der Waals surface area contributed by atoms with Gasteiger partial charge in [0.25, 0.3) is 5.54 Å². The Balaban J connectivity index is 0.000000148. The largest absolute Gasteiger partial charge is 0.416 e. The van der Waals surface area contributed by atoms with Crippen LogP contribution in [0, 0.1) is 6.57 Å². The first kappa shape index (κ1) is 35.6. The van der Waals surface area contributed by atoms with Gasteiger partial charge in [-0.05, 0) is 81.9 Å². The summed E-state index contributed by atoms with van der Waals surface area (Å²) < 4.78 is 39.2. The zero-order valence-corrected chi connectivity index (χ0v) is 31.0. The second-order valence-electron chi connectivity index (χ2n) is 14.6. The second-order valence-corrected chi connectivity index (χ2v) is 14.6. The summed E-state index contributed by atoms with van der Waals surface area (Å²) in [6.07, 6.45) is -4.37. The lowest BCUT2D eigenvalue weighted by molar-refractivity contribution is -0.137. The Morgan fingerprint density at radius 1 is 0.544 bits per heavy atom.